The predicted octanol–water partition coefficient (Wildman–Crippen LogP) is 3.20. The quantitative estimate of drug-likeness (QED) is 0.699. The first-order chi connectivity index (χ1) is 7.11. The number of Topliss-reactive ketones (excluding diaryl/α,β-unsaturated/α-hetero) is 1. The molecule has 0 N–H and O–H groups in total. The van der Waals surface area contributed by atoms with Gasteiger partial charge in [0.05, 0.1) is 6.10 Å². The van der Waals surface area contributed by atoms with Gasteiger partial charge < -0.3 is 4.74 Å². The number of carbonyl (C=O) groups excluding carboxylic acids is 1. The van der Waals surface area contributed by atoms with Gasteiger partial charge in [-0.2, -0.15) is 0 Å². The van der Waals surface area contributed by atoms with Gasteiger partial charge in [-0.05, 0) is 37.5 Å². The molecule has 15 heavy (non-hydrogen) atoms. The molecular formula is C13H24O2. The lowest BCUT2D eigenvalue weighted by molar-refractivity contribution is -0.127. The van der Waals surface area contributed by atoms with Crippen molar-refractivity contribution >= 4 is 5.78 Å². The van der Waals surface area contributed by atoms with Gasteiger partial charge in [0.15, 0.2) is 5.78 Å². The Morgan fingerprint density at radius 2 is 1.80 bits per heavy atom. The Bertz CT molecular complexity index is 191. The molecule has 2 atom stereocenters. The molecule has 1 fully saturated rings. The highest BCUT2D eigenvalue weighted by Gasteiger charge is 2.24. The zero-order chi connectivity index (χ0) is 11.3. The van der Waals surface area contributed by atoms with Crippen LogP contribution >= 0.6 is 0 Å². The number of ketones is 1. The van der Waals surface area contributed by atoms with Gasteiger partial charge in [-0.1, -0.05) is 20.8 Å². The van der Waals surface area contributed by atoms with E-state index >= 15 is 0 Å². The van der Waals surface area contributed by atoms with Crippen LogP contribution in [0, 0.1) is 11.8 Å². The van der Waals surface area contributed by atoms with Gasteiger partial charge >= 0.3 is 0 Å². The summed E-state index contributed by atoms with van der Waals surface area (Å²) < 4.78 is 5.69. The molecule has 0 heterocycles. The summed E-state index contributed by atoms with van der Waals surface area (Å²) in [6.45, 7) is 6.92. The third-order valence-corrected chi connectivity index (χ3v) is 3.14. The maximum absolute atomic E-state index is 11.3. The second kappa shape index (κ2) is 6.26. The summed E-state index contributed by atoms with van der Waals surface area (Å²) in [4.78, 5) is 11.3. The predicted molar refractivity (Wildman–Crippen MR) is 61.8 cm³/mol. The van der Waals surface area contributed by atoms with E-state index in [1.54, 1.807) is 0 Å². The molecule has 0 saturated heterocycles. The molecule has 2 nitrogen and oxygen atoms in total. The van der Waals surface area contributed by atoms with E-state index in [9.17, 15) is 4.79 Å². The Labute approximate surface area is 93.4 Å². The summed E-state index contributed by atoms with van der Waals surface area (Å²) in [5, 5.41) is 0. The molecule has 0 aromatic heterocycles. The van der Waals surface area contributed by atoms with Gasteiger partial charge in [-0.25, -0.2) is 0 Å². The van der Waals surface area contributed by atoms with E-state index in [0.717, 1.165) is 31.1 Å². The van der Waals surface area contributed by atoms with Crippen LogP contribution in [0.1, 0.15) is 52.9 Å². The van der Waals surface area contributed by atoms with Gasteiger partial charge in [0, 0.05) is 6.42 Å². The molecule has 0 radical (unpaired) electrons. The zero-order valence-corrected chi connectivity index (χ0v) is 10.3. The molecule has 0 spiro atoms. The van der Waals surface area contributed by atoms with Crippen LogP contribution in [0.15, 0.2) is 0 Å². The normalized spacial score (nSPS) is 31.5. The summed E-state index contributed by atoms with van der Waals surface area (Å²) in [5.41, 5.74) is 0. The van der Waals surface area contributed by atoms with Gasteiger partial charge in [0.1, 0.15) is 6.61 Å². The minimum absolute atomic E-state index is 0.253. The lowest BCUT2D eigenvalue weighted by Gasteiger charge is -2.31. The van der Waals surface area contributed by atoms with Crippen LogP contribution in [-0.4, -0.2) is 18.5 Å². The van der Waals surface area contributed by atoms with Gasteiger partial charge in [-0.15, -0.1) is 0 Å². The lowest BCUT2D eigenvalue weighted by atomic mass is 9.82. The maximum atomic E-state index is 11.3. The Hall–Kier alpha value is -0.370. The molecule has 0 bridgehead atoms. The molecule has 88 valence electrons. The summed E-state index contributed by atoms with van der Waals surface area (Å²) in [7, 11) is 0. The molecule has 1 aliphatic carbocycles. The lowest BCUT2D eigenvalue weighted by Crippen LogP contribution is -2.28. The van der Waals surface area contributed by atoms with Crippen LogP contribution in [0.25, 0.3) is 0 Å². The largest absolute Gasteiger partial charge is 0.370 e. The van der Waals surface area contributed by atoms with Crippen molar-refractivity contribution in [2.45, 2.75) is 59.0 Å². The van der Waals surface area contributed by atoms with E-state index in [0.29, 0.717) is 19.1 Å². The third kappa shape index (κ3) is 4.78. The first-order valence-corrected chi connectivity index (χ1v) is 6.25. The average molecular weight is 212 g/mol. The maximum Gasteiger partial charge on any atom is 0.158 e. The van der Waals surface area contributed by atoms with Crippen LogP contribution in [0.5, 0.6) is 0 Å². The zero-order valence-electron chi connectivity index (χ0n) is 10.3. The Morgan fingerprint density at radius 1 is 1.20 bits per heavy atom. The van der Waals surface area contributed by atoms with Crippen LogP contribution < -0.4 is 0 Å². The molecule has 1 rings (SSSR count). The second-order valence-electron chi connectivity index (χ2n) is 5.14. The molecule has 1 saturated carbocycles. The molecule has 0 amide bonds. The molecule has 1 aliphatic rings. The standard InChI is InChI=1S/C13H24O2/c1-4-5-12(14)9-15-13-7-10(2)6-11(3)8-13/h10-11,13H,4-9H2,1-3H3. The Morgan fingerprint density at radius 3 is 2.33 bits per heavy atom. The highest BCUT2D eigenvalue weighted by molar-refractivity contribution is 5.79. The van der Waals surface area contributed by atoms with Crippen LogP contribution in [0.4, 0.5) is 0 Å². The van der Waals surface area contributed by atoms with Gasteiger partial charge in [0.2, 0.25) is 0 Å². The fourth-order valence-electron chi connectivity index (χ4n) is 2.57. The monoisotopic (exact) mass is 212 g/mol. The number of carbonyl (C=O) groups is 1. The highest BCUT2D eigenvalue weighted by atomic mass is 16.5. The van der Waals surface area contributed by atoms with Crippen molar-refractivity contribution in [1.82, 2.24) is 0 Å². The van der Waals surface area contributed by atoms with Crippen LogP contribution in [0.3, 0.4) is 0 Å². The molecule has 2 unspecified atom stereocenters. The first kappa shape index (κ1) is 12.7. The van der Waals surface area contributed by atoms with E-state index in [1.165, 1.54) is 6.42 Å². The average Bonchev–Trinajstić information content (AvgIpc) is 2.14. The summed E-state index contributed by atoms with van der Waals surface area (Å²) in [5.74, 6) is 1.75. The number of rotatable bonds is 5. The highest BCUT2D eigenvalue weighted by Crippen LogP contribution is 2.30. The Kier molecular flexibility index (Phi) is 5.30. The summed E-state index contributed by atoms with van der Waals surface area (Å²) >= 11 is 0. The number of ether oxygens (including phenoxy) is 1. The van der Waals surface area contributed by atoms with E-state index in [2.05, 4.69) is 13.8 Å². The van der Waals surface area contributed by atoms with Crippen molar-refractivity contribution in [2.24, 2.45) is 11.8 Å². The van der Waals surface area contributed by atoms with E-state index in [1.807, 2.05) is 6.92 Å². The second-order valence-corrected chi connectivity index (χ2v) is 5.14. The SMILES string of the molecule is CCCC(=O)COC1CC(C)CC(C)C1. The van der Waals surface area contributed by atoms with Gasteiger partial charge in [-0.3, -0.25) is 4.79 Å². The topological polar surface area (TPSA) is 26.3 Å². The van der Waals surface area contributed by atoms with Crippen molar-refractivity contribution in [1.29, 1.82) is 0 Å². The minimum atomic E-state index is 0.253. The number of hydrogen-bond donors (Lipinski definition) is 0. The van der Waals surface area contributed by atoms with Crippen LogP contribution in [0.2, 0.25) is 0 Å². The summed E-state index contributed by atoms with van der Waals surface area (Å²) in [6.07, 6.45) is 5.48. The molecular weight excluding hydrogens is 188 g/mol. The molecule has 0 aromatic rings. The molecule has 0 aromatic carbocycles. The van der Waals surface area contributed by atoms with Crippen molar-refractivity contribution in [3.05, 3.63) is 0 Å². The van der Waals surface area contributed by atoms with E-state index < -0.39 is 0 Å². The summed E-state index contributed by atoms with van der Waals surface area (Å²) in [6, 6.07) is 0. The Balaban J connectivity index is 2.23. The van der Waals surface area contributed by atoms with E-state index in [-0.39, 0.29) is 5.78 Å². The molecule has 0 aliphatic heterocycles. The number of hydrogen-bond acceptors (Lipinski definition) is 2. The fourth-order valence-corrected chi connectivity index (χ4v) is 2.57. The first-order valence-electron chi connectivity index (χ1n) is 6.25. The van der Waals surface area contributed by atoms with Crippen molar-refractivity contribution in [3.63, 3.8) is 0 Å². The minimum Gasteiger partial charge on any atom is -0.370 e. The third-order valence-electron chi connectivity index (χ3n) is 3.14. The fraction of sp³-hybridized carbons (Fsp3) is 0.923. The van der Waals surface area contributed by atoms with Crippen molar-refractivity contribution < 1.29 is 9.53 Å². The van der Waals surface area contributed by atoms with E-state index in [4.69, 9.17) is 4.74 Å². The van der Waals surface area contributed by atoms with Crippen molar-refractivity contribution in [2.75, 3.05) is 6.61 Å². The van der Waals surface area contributed by atoms with Crippen molar-refractivity contribution in [3.8, 4) is 0 Å². The smallest absolute Gasteiger partial charge is 0.158 e. The van der Waals surface area contributed by atoms with Gasteiger partial charge in [0.25, 0.3) is 0 Å². The molecule has 2 heteroatoms. The van der Waals surface area contributed by atoms with Crippen LogP contribution in [-0.2, 0) is 9.53 Å².